The number of rotatable bonds is 5. The number of carbonyl (C=O) groups excluding carboxylic acids is 1. The maximum Gasteiger partial charge on any atom is 0.343 e. The molecule has 1 aromatic rings. The lowest BCUT2D eigenvalue weighted by molar-refractivity contribution is -0.0658. The molecule has 0 saturated heterocycles. The fourth-order valence-electron chi connectivity index (χ4n) is 1.07. The fraction of sp³-hybridized carbons (Fsp3) is 0.364. The summed E-state index contributed by atoms with van der Waals surface area (Å²) in [4.78, 5) is 16.0. The van der Waals surface area contributed by atoms with Crippen LogP contribution in [0, 0.1) is 0 Å². The molecular formula is C11H16N2O4. The third-order valence-electron chi connectivity index (χ3n) is 2.06. The Balaban J connectivity index is 2.37. The van der Waals surface area contributed by atoms with Crippen LogP contribution < -0.4 is 14.8 Å². The van der Waals surface area contributed by atoms with E-state index in [2.05, 4.69) is 5.32 Å². The summed E-state index contributed by atoms with van der Waals surface area (Å²) < 4.78 is 10.4. The molecule has 94 valence electrons. The second kappa shape index (κ2) is 6.59. The first-order valence-electron chi connectivity index (χ1n) is 5.00. The molecule has 6 nitrogen and oxygen atoms in total. The van der Waals surface area contributed by atoms with Crippen LogP contribution in [0.3, 0.4) is 0 Å². The lowest BCUT2D eigenvalue weighted by Gasteiger charge is -2.15. The van der Waals surface area contributed by atoms with Gasteiger partial charge in [-0.3, -0.25) is 4.84 Å². The number of hydroxylamine groups is 2. The van der Waals surface area contributed by atoms with Crippen molar-refractivity contribution in [2.45, 2.75) is 0 Å². The summed E-state index contributed by atoms with van der Waals surface area (Å²) in [5.74, 6) is 1.31. The molecule has 0 aliphatic heterocycles. The van der Waals surface area contributed by atoms with Crippen molar-refractivity contribution in [3.63, 3.8) is 0 Å². The minimum absolute atomic E-state index is 0.0553. The molecule has 0 aromatic heterocycles. The quantitative estimate of drug-likeness (QED) is 0.621. The van der Waals surface area contributed by atoms with E-state index in [-0.39, 0.29) is 12.8 Å². The predicted octanol–water partition coefficient (Wildman–Crippen LogP) is 1.23. The van der Waals surface area contributed by atoms with Crippen molar-refractivity contribution in [3.8, 4) is 11.5 Å². The van der Waals surface area contributed by atoms with Gasteiger partial charge in [0.1, 0.15) is 11.5 Å². The molecule has 1 rings (SSSR count). The Kier molecular flexibility index (Phi) is 5.09. The average molecular weight is 240 g/mol. The molecule has 0 saturated carbocycles. The molecule has 0 aliphatic carbocycles. The summed E-state index contributed by atoms with van der Waals surface area (Å²) in [6, 6.07) is 6.73. The summed E-state index contributed by atoms with van der Waals surface area (Å²) in [5, 5.41) is 3.58. The summed E-state index contributed by atoms with van der Waals surface area (Å²) in [6.07, 6.45) is 0. The Morgan fingerprint density at radius 2 is 2.06 bits per heavy atom. The number of urea groups is 1. The number of ether oxygens (including phenoxy) is 2. The van der Waals surface area contributed by atoms with Crippen molar-refractivity contribution in [2.24, 2.45) is 0 Å². The summed E-state index contributed by atoms with van der Waals surface area (Å²) in [7, 11) is 4.48. The Morgan fingerprint density at radius 1 is 1.35 bits per heavy atom. The Labute approximate surface area is 100 Å². The van der Waals surface area contributed by atoms with E-state index < -0.39 is 0 Å². The number of benzene rings is 1. The molecule has 17 heavy (non-hydrogen) atoms. The van der Waals surface area contributed by atoms with Gasteiger partial charge in [-0.1, -0.05) is 6.07 Å². The lowest BCUT2D eigenvalue weighted by Crippen LogP contribution is -2.38. The minimum atomic E-state index is -0.379. The number of nitrogens with zero attached hydrogens (tertiary/aromatic N) is 1. The number of hydrogen-bond acceptors (Lipinski definition) is 4. The van der Waals surface area contributed by atoms with Crippen LogP contribution in [-0.4, -0.2) is 39.1 Å². The third kappa shape index (κ3) is 4.20. The monoisotopic (exact) mass is 240 g/mol. The first-order chi connectivity index (χ1) is 8.17. The molecular weight excluding hydrogens is 224 g/mol. The third-order valence-corrected chi connectivity index (χ3v) is 2.06. The highest BCUT2D eigenvalue weighted by molar-refractivity contribution is 5.72. The van der Waals surface area contributed by atoms with Crippen molar-refractivity contribution in [3.05, 3.63) is 24.3 Å². The number of carbonyl (C=O) groups is 1. The number of amides is 2. The van der Waals surface area contributed by atoms with Crippen molar-refractivity contribution in [2.75, 3.05) is 28.0 Å². The number of nitrogens with one attached hydrogen (secondary N) is 1. The van der Waals surface area contributed by atoms with Crippen LogP contribution >= 0.6 is 0 Å². The summed E-state index contributed by atoms with van der Waals surface area (Å²) in [5.41, 5.74) is 0. The van der Waals surface area contributed by atoms with Gasteiger partial charge < -0.3 is 14.8 Å². The maximum absolute atomic E-state index is 11.3. The molecule has 0 fully saturated rings. The molecule has 0 radical (unpaired) electrons. The Hall–Kier alpha value is -1.95. The van der Waals surface area contributed by atoms with Gasteiger partial charge in [0.25, 0.3) is 0 Å². The zero-order valence-corrected chi connectivity index (χ0v) is 10.1. The topological polar surface area (TPSA) is 60.0 Å². The summed E-state index contributed by atoms with van der Waals surface area (Å²) >= 11 is 0. The Bertz CT molecular complexity index is 370. The fourth-order valence-corrected chi connectivity index (χ4v) is 1.07. The van der Waals surface area contributed by atoms with Gasteiger partial charge in [-0.2, -0.15) is 0 Å². The van der Waals surface area contributed by atoms with Gasteiger partial charge in [-0.05, 0) is 12.1 Å². The van der Waals surface area contributed by atoms with Crippen LogP contribution in [0.15, 0.2) is 24.3 Å². The van der Waals surface area contributed by atoms with E-state index >= 15 is 0 Å². The van der Waals surface area contributed by atoms with Gasteiger partial charge in [-0.25, -0.2) is 9.86 Å². The molecule has 0 heterocycles. The van der Waals surface area contributed by atoms with Crippen LogP contribution in [0.25, 0.3) is 0 Å². The van der Waals surface area contributed by atoms with Crippen molar-refractivity contribution < 1.29 is 19.1 Å². The number of methoxy groups -OCH3 is 1. The highest BCUT2D eigenvalue weighted by Gasteiger charge is 2.06. The summed E-state index contributed by atoms with van der Waals surface area (Å²) in [6.45, 7) is 0.0553. The van der Waals surface area contributed by atoms with Crippen LogP contribution in [0.4, 0.5) is 4.79 Å². The molecule has 0 atom stereocenters. The maximum atomic E-state index is 11.3. The smallest absolute Gasteiger partial charge is 0.343 e. The second-order valence-electron chi connectivity index (χ2n) is 3.13. The van der Waals surface area contributed by atoms with Crippen LogP contribution in [-0.2, 0) is 4.84 Å². The molecule has 0 aliphatic rings. The van der Waals surface area contributed by atoms with Crippen molar-refractivity contribution >= 4 is 6.03 Å². The van der Waals surface area contributed by atoms with Gasteiger partial charge >= 0.3 is 6.03 Å². The van der Waals surface area contributed by atoms with E-state index in [0.29, 0.717) is 11.5 Å². The molecule has 2 amide bonds. The van der Waals surface area contributed by atoms with Crippen LogP contribution in [0.1, 0.15) is 0 Å². The molecule has 0 unspecified atom stereocenters. The molecule has 0 bridgehead atoms. The second-order valence-corrected chi connectivity index (χ2v) is 3.13. The average Bonchev–Trinajstić information content (AvgIpc) is 2.37. The van der Waals surface area contributed by atoms with E-state index in [1.54, 1.807) is 25.3 Å². The van der Waals surface area contributed by atoms with E-state index in [1.807, 2.05) is 6.07 Å². The first-order valence-corrected chi connectivity index (χ1v) is 5.00. The van der Waals surface area contributed by atoms with Gasteiger partial charge in [0, 0.05) is 13.1 Å². The van der Waals surface area contributed by atoms with Gasteiger partial charge in [0.05, 0.1) is 14.2 Å². The first kappa shape index (κ1) is 13.1. The zero-order chi connectivity index (χ0) is 12.7. The van der Waals surface area contributed by atoms with Gasteiger partial charge in [0.2, 0.25) is 0 Å². The largest absolute Gasteiger partial charge is 0.497 e. The van der Waals surface area contributed by atoms with Crippen LogP contribution in [0.5, 0.6) is 11.5 Å². The molecule has 1 N–H and O–H groups in total. The SMILES string of the molecule is COc1cccc(OCNC(=O)N(C)OC)c1. The van der Waals surface area contributed by atoms with E-state index in [4.69, 9.17) is 14.3 Å². The van der Waals surface area contributed by atoms with Gasteiger partial charge in [0.15, 0.2) is 6.73 Å². The highest BCUT2D eigenvalue weighted by atomic mass is 16.7. The van der Waals surface area contributed by atoms with E-state index in [0.717, 1.165) is 5.06 Å². The standard InChI is InChI=1S/C11H16N2O4/c1-13(16-3)11(14)12-8-17-10-6-4-5-9(7-10)15-2/h4-7H,8H2,1-3H3,(H,12,14). The normalized spacial score (nSPS) is 9.59. The highest BCUT2D eigenvalue weighted by Crippen LogP contribution is 2.18. The van der Waals surface area contributed by atoms with Crippen molar-refractivity contribution in [1.82, 2.24) is 10.4 Å². The lowest BCUT2D eigenvalue weighted by atomic mass is 10.3. The molecule has 1 aromatic carbocycles. The predicted molar refractivity (Wildman–Crippen MR) is 61.8 cm³/mol. The number of hydrogen-bond donors (Lipinski definition) is 1. The van der Waals surface area contributed by atoms with E-state index in [9.17, 15) is 4.79 Å². The zero-order valence-electron chi connectivity index (χ0n) is 10.1. The Morgan fingerprint density at radius 3 is 2.71 bits per heavy atom. The van der Waals surface area contributed by atoms with E-state index in [1.165, 1.54) is 14.2 Å². The molecule has 6 heteroatoms. The van der Waals surface area contributed by atoms with Crippen molar-refractivity contribution in [1.29, 1.82) is 0 Å². The van der Waals surface area contributed by atoms with Crippen LogP contribution in [0.2, 0.25) is 0 Å². The molecule has 0 spiro atoms. The van der Waals surface area contributed by atoms with Gasteiger partial charge in [-0.15, -0.1) is 0 Å². The minimum Gasteiger partial charge on any atom is -0.497 e.